The summed E-state index contributed by atoms with van der Waals surface area (Å²) in [7, 11) is 0. The first kappa shape index (κ1) is 14.0. The smallest absolute Gasteiger partial charge is 0.387 e. The summed E-state index contributed by atoms with van der Waals surface area (Å²) in [5, 5.41) is 0. The molecule has 3 nitrogen and oxygen atoms in total. The van der Waals surface area contributed by atoms with Crippen molar-refractivity contribution in [2.75, 3.05) is 0 Å². The van der Waals surface area contributed by atoms with Gasteiger partial charge < -0.3 is 9.30 Å². The first-order valence-electron chi connectivity index (χ1n) is 5.84. The number of hydrogen-bond donors (Lipinski definition) is 0. The third-order valence-corrected chi connectivity index (χ3v) is 3.03. The molecule has 2 heterocycles. The van der Waals surface area contributed by atoms with Crippen LogP contribution in [-0.2, 0) is 13.0 Å². The van der Waals surface area contributed by atoms with Gasteiger partial charge in [-0.3, -0.25) is 0 Å². The largest absolute Gasteiger partial charge is 0.435 e. The molecule has 1 aromatic heterocycles. The minimum Gasteiger partial charge on any atom is -0.435 e. The van der Waals surface area contributed by atoms with E-state index in [2.05, 4.69) is 14.3 Å². The maximum Gasteiger partial charge on any atom is 0.387 e. The Labute approximate surface area is 120 Å². The van der Waals surface area contributed by atoms with Crippen molar-refractivity contribution in [2.24, 2.45) is 0 Å². The van der Waals surface area contributed by atoms with Crippen LogP contribution in [-0.4, -0.2) is 16.2 Å². The molecule has 3 rings (SSSR count). The Morgan fingerprint density at radius 2 is 1.95 bits per heavy atom. The zero-order valence-corrected chi connectivity index (χ0v) is 11.8. The fourth-order valence-corrected chi connectivity index (χ4v) is 2.20. The van der Waals surface area contributed by atoms with E-state index in [0.717, 1.165) is 36.5 Å². The molecule has 0 N–H and O–H groups in total. The van der Waals surface area contributed by atoms with Crippen LogP contribution in [0.3, 0.4) is 0 Å². The number of halogens is 3. The van der Waals surface area contributed by atoms with E-state index < -0.39 is 6.61 Å². The van der Waals surface area contributed by atoms with Crippen molar-refractivity contribution in [2.45, 2.75) is 26.0 Å². The highest BCUT2D eigenvalue weighted by atomic mass is 79.9. The van der Waals surface area contributed by atoms with E-state index in [1.165, 1.54) is 12.1 Å². The molecule has 1 aromatic carbocycles. The molecule has 102 valence electrons. The van der Waals surface area contributed by atoms with Gasteiger partial charge in [0.1, 0.15) is 11.6 Å². The van der Waals surface area contributed by atoms with Crippen molar-refractivity contribution >= 4 is 17.0 Å². The van der Waals surface area contributed by atoms with E-state index in [9.17, 15) is 8.78 Å². The number of fused-ring (bicyclic) bond motifs is 1. The van der Waals surface area contributed by atoms with Gasteiger partial charge in [0.15, 0.2) is 0 Å². The summed E-state index contributed by atoms with van der Waals surface area (Å²) in [4.78, 5) is 4.53. The summed E-state index contributed by atoms with van der Waals surface area (Å²) >= 11 is 0. The molecular weight excluding hydrogens is 318 g/mol. The highest BCUT2D eigenvalue weighted by Crippen LogP contribution is 2.25. The predicted octanol–water partition coefficient (Wildman–Crippen LogP) is 3.68. The molecule has 0 saturated heterocycles. The van der Waals surface area contributed by atoms with Gasteiger partial charge in [-0.05, 0) is 30.7 Å². The number of hydrogen-bond acceptors (Lipinski definition) is 2. The molecule has 0 atom stereocenters. The zero-order valence-electron chi connectivity index (χ0n) is 10.1. The summed E-state index contributed by atoms with van der Waals surface area (Å²) in [5.41, 5.74) is 1.80. The van der Waals surface area contributed by atoms with Crippen LogP contribution >= 0.6 is 17.0 Å². The molecule has 1 aliphatic heterocycles. The van der Waals surface area contributed by atoms with Crippen LogP contribution < -0.4 is 4.74 Å². The number of nitrogens with zero attached hydrogens (tertiary/aromatic N) is 2. The zero-order chi connectivity index (χ0) is 12.5. The van der Waals surface area contributed by atoms with Crippen LogP contribution in [0, 0.1) is 0 Å². The van der Waals surface area contributed by atoms with E-state index >= 15 is 0 Å². The van der Waals surface area contributed by atoms with Crippen LogP contribution in [0.5, 0.6) is 5.75 Å². The molecule has 0 saturated carbocycles. The topological polar surface area (TPSA) is 27.1 Å². The second-order valence-electron chi connectivity index (χ2n) is 4.24. The van der Waals surface area contributed by atoms with Crippen molar-refractivity contribution < 1.29 is 13.5 Å². The molecule has 0 amide bonds. The molecule has 0 unspecified atom stereocenters. The molecule has 6 heteroatoms. The quantitative estimate of drug-likeness (QED) is 0.858. The summed E-state index contributed by atoms with van der Waals surface area (Å²) in [5.74, 6) is 1.26. The Balaban J connectivity index is 0.00000133. The maximum atomic E-state index is 12.0. The molecule has 0 spiro atoms. The van der Waals surface area contributed by atoms with Crippen LogP contribution in [0.2, 0.25) is 0 Å². The van der Waals surface area contributed by atoms with Crippen molar-refractivity contribution in [3.8, 4) is 17.0 Å². The summed E-state index contributed by atoms with van der Waals surface area (Å²) in [6.07, 6.45) is 4.15. The SMILES string of the molecule is Br.FC(F)Oc1ccc(-c2cn3c(n2)CCC3)cc1. The van der Waals surface area contributed by atoms with Crippen molar-refractivity contribution in [3.05, 3.63) is 36.3 Å². The van der Waals surface area contributed by atoms with Gasteiger partial charge in [-0.1, -0.05) is 0 Å². The predicted molar refractivity (Wildman–Crippen MR) is 72.9 cm³/mol. The molecule has 0 aliphatic carbocycles. The lowest BCUT2D eigenvalue weighted by atomic mass is 10.1. The standard InChI is InChI=1S/C13H12F2N2O.BrH/c14-13(15)18-10-5-3-9(4-6-10)11-8-17-7-1-2-12(17)16-11;/h3-6,8,13H,1-2,7H2;1H. The third-order valence-electron chi connectivity index (χ3n) is 3.03. The van der Waals surface area contributed by atoms with Crippen molar-refractivity contribution in [3.63, 3.8) is 0 Å². The fraction of sp³-hybridized carbons (Fsp3) is 0.308. The Kier molecular flexibility index (Phi) is 4.19. The van der Waals surface area contributed by atoms with Gasteiger partial charge in [0, 0.05) is 24.7 Å². The lowest BCUT2D eigenvalue weighted by Crippen LogP contribution is -2.01. The van der Waals surface area contributed by atoms with E-state index in [4.69, 9.17) is 0 Å². The Morgan fingerprint density at radius 1 is 1.21 bits per heavy atom. The lowest BCUT2D eigenvalue weighted by molar-refractivity contribution is -0.0498. The number of ether oxygens (including phenoxy) is 1. The number of aromatic nitrogens is 2. The Hall–Kier alpha value is -1.43. The molecule has 1 aliphatic rings. The maximum absolute atomic E-state index is 12.0. The van der Waals surface area contributed by atoms with Gasteiger partial charge in [-0.25, -0.2) is 4.98 Å². The van der Waals surface area contributed by atoms with Gasteiger partial charge in [0.2, 0.25) is 0 Å². The Bertz CT molecular complexity index is 533. The molecule has 0 radical (unpaired) electrons. The first-order valence-corrected chi connectivity index (χ1v) is 5.84. The molecule has 0 fully saturated rings. The molecule has 0 bridgehead atoms. The summed E-state index contributed by atoms with van der Waals surface area (Å²) in [6, 6.07) is 6.56. The van der Waals surface area contributed by atoms with Crippen LogP contribution in [0.1, 0.15) is 12.2 Å². The lowest BCUT2D eigenvalue weighted by Gasteiger charge is -2.04. The average molecular weight is 331 g/mol. The monoisotopic (exact) mass is 330 g/mol. The number of aryl methyl sites for hydroxylation is 2. The molecular formula is C13H13BrF2N2O. The fourth-order valence-electron chi connectivity index (χ4n) is 2.20. The number of imidazole rings is 1. The molecule has 19 heavy (non-hydrogen) atoms. The minimum absolute atomic E-state index is 0. The first-order chi connectivity index (χ1) is 8.72. The van der Waals surface area contributed by atoms with E-state index in [1.807, 2.05) is 6.20 Å². The number of rotatable bonds is 3. The van der Waals surface area contributed by atoms with Crippen LogP contribution in [0.15, 0.2) is 30.5 Å². The van der Waals surface area contributed by atoms with Crippen LogP contribution in [0.4, 0.5) is 8.78 Å². The third kappa shape index (κ3) is 2.94. The van der Waals surface area contributed by atoms with E-state index in [0.29, 0.717) is 0 Å². The average Bonchev–Trinajstić information content (AvgIpc) is 2.89. The van der Waals surface area contributed by atoms with Gasteiger partial charge >= 0.3 is 6.61 Å². The highest BCUT2D eigenvalue weighted by Gasteiger charge is 2.14. The van der Waals surface area contributed by atoms with Gasteiger partial charge in [0.05, 0.1) is 5.69 Å². The second-order valence-corrected chi connectivity index (χ2v) is 4.24. The minimum atomic E-state index is -2.78. The second kappa shape index (κ2) is 5.69. The van der Waals surface area contributed by atoms with Crippen LogP contribution in [0.25, 0.3) is 11.3 Å². The van der Waals surface area contributed by atoms with E-state index in [1.54, 1.807) is 12.1 Å². The number of alkyl halides is 2. The summed E-state index contributed by atoms with van der Waals surface area (Å²) in [6.45, 7) is -1.78. The van der Waals surface area contributed by atoms with E-state index in [-0.39, 0.29) is 22.7 Å². The van der Waals surface area contributed by atoms with Crippen molar-refractivity contribution in [1.29, 1.82) is 0 Å². The van der Waals surface area contributed by atoms with Gasteiger partial charge in [0.25, 0.3) is 0 Å². The Morgan fingerprint density at radius 3 is 2.58 bits per heavy atom. The normalized spacial score (nSPS) is 13.2. The number of benzene rings is 1. The molecule has 2 aromatic rings. The summed E-state index contributed by atoms with van der Waals surface area (Å²) < 4.78 is 30.5. The van der Waals surface area contributed by atoms with Gasteiger partial charge in [-0.15, -0.1) is 17.0 Å². The van der Waals surface area contributed by atoms with Crippen molar-refractivity contribution in [1.82, 2.24) is 9.55 Å². The van der Waals surface area contributed by atoms with Gasteiger partial charge in [-0.2, -0.15) is 8.78 Å². The highest BCUT2D eigenvalue weighted by molar-refractivity contribution is 8.93.